The largest absolute Gasteiger partial charge is 0.357 e. The number of anilines is 2. The summed E-state index contributed by atoms with van der Waals surface area (Å²) in [6, 6.07) is 10.4. The number of hydrogen-bond acceptors (Lipinski definition) is 5. The number of nitrogens with zero attached hydrogens (tertiary/aromatic N) is 6. The van der Waals surface area contributed by atoms with Gasteiger partial charge in [-0.1, -0.05) is 25.0 Å². The fourth-order valence-corrected chi connectivity index (χ4v) is 4.21. The number of halogens is 1. The van der Waals surface area contributed by atoms with E-state index in [0.717, 1.165) is 63.4 Å². The van der Waals surface area contributed by atoms with E-state index in [0.29, 0.717) is 0 Å². The van der Waals surface area contributed by atoms with Gasteiger partial charge in [0.05, 0.1) is 0 Å². The van der Waals surface area contributed by atoms with Crippen molar-refractivity contribution < 1.29 is 0 Å². The number of guanidine groups is 1. The van der Waals surface area contributed by atoms with Crippen LogP contribution >= 0.6 is 24.0 Å². The molecule has 4 heterocycles. The lowest BCUT2D eigenvalue weighted by Gasteiger charge is -2.37. The number of aliphatic imine (C=N–C) groups is 1. The van der Waals surface area contributed by atoms with E-state index in [9.17, 15) is 0 Å². The Morgan fingerprint density at radius 2 is 1.58 bits per heavy atom. The molecular weight excluding hydrogens is 501 g/mol. The average Bonchev–Trinajstić information content (AvgIpc) is 3.11. The maximum atomic E-state index is 4.72. The van der Waals surface area contributed by atoms with Crippen LogP contribution in [0.5, 0.6) is 0 Å². The fraction of sp³-hybridized carbons (Fsp3) is 0.522. The molecule has 2 aliphatic rings. The van der Waals surface area contributed by atoms with E-state index in [1.807, 2.05) is 31.6 Å². The lowest BCUT2D eigenvalue weighted by atomic mass is 10.2. The molecule has 0 aromatic carbocycles. The molecule has 0 unspecified atom stereocenters. The molecule has 31 heavy (non-hydrogen) atoms. The zero-order valence-electron chi connectivity index (χ0n) is 18.4. The molecular formula is C23H34IN7. The van der Waals surface area contributed by atoms with Crippen LogP contribution in [0.3, 0.4) is 0 Å². The van der Waals surface area contributed by atoms with Gasteiger partial charge in [0.2, 0.25) is 0 Å². The van der Waals surface area contributed by atoms with Crippen molar-refractivity contribution in [2.24, 2.45) is 4.99 Å². The van der Waals surface area contributed by atoms with Gasteiger partial charge in [-0.2, -0.15) is 0 Å². The third-order valence-electron chi connectivity index (χ3n) is 5.95. The van der Waals surface area contributed by atoms with Crippen molar-refractivity contribution in [3.63, 3.8) is 0 Å². The fourth-order valence-electron chi connectivity index (χ4n) is 4.21. The summed E-state index contributed by atoms with van der Waals surface area (Å²) in [6.45, 7) is 6.75. The summed E-state index contributed by atoms with van der Waals surface area (Å²) in [4.78, 5) is 20.8. The second-order valence-electron chi connectivity index (χ2n) is 7.99. The van der Waals surface area contributed by atoms with Crippen LogP contribution in [0.15, 0.2) is 47.7 Å². The van der Waals surface area contributed by atoms with E-state index >= 15 is 0 Å². The summed E-state index contributed by atoms with van der Waals surface area (Å²) < 4.78 is 0. The molecule has 2 aromatic rings. The Morgan fingerprint density at radius 3 is 2.19 bits per heavy atom. The molecule has 2 fully saturated rings. The maximum absolute atomic E-state index is 4.72. The molecule has 2 aromatic heterocycles. The van der Waals surface area contributed by atoms with Crippen molar-refractivity contribution in [1.29, 1.82) is 0 Å². The summed E-state index contributed by atoms with van der Waals surface area (Å²) in [5.74, 6) is 3.11. The summed E-state index contributed by atoms with van der Waals surface area (Å²) in [5, 5.41) is 3.51. The molecule has 0 spiro atoms. The van der Waals surface area contributed by atoms with E-state index in [-0.39, 0.29) is 24.0 Å². The van der Waals surface area contributed by atoms with Crippen LogP contribution in [0, 0.1) is 0 Å². The second kappa shape index (κ2) is 12.1. The van der Waals surface area contributed by atoms with Crippen LogP contribution in [-0.4, -0.2) is 67.1 Å². The normalized spacial score (nSPS) is 17.7. The van der Waals surface area contributed by atoms with Gasteiger partial charge in [-0.15, -0.1) is 24.0 Å². The quantitative estimate of drug-likeness (QED) is 0.368. The molecule has 168 valence electrons. The Bertz CT molecular complexity index is 796. The number of aromatic nitrogens is 2. The lowest BCUT2D eigenvalue weighted by Crippen LogP contribution is -2.52. The third kappa shape index (κ3) is 6.44. The van der Waals surface area contributed by atoms with Gasteiger partial charge in [-0.25, -0.2) is 9.97 Å². The monoisotopic (exact) mass is 535 g/mol. The predicted molar refractivity (Wildman–Crippen MR) is 139 cm³/mol. The highest BCUT2D eigenvalue weighted by Gasteiger charge is 2.20. The van der Waals surface area contributed by atoms with Crippen molar-refractivity contribution in [2.45, 2.75) is 32.2 Å². The lowest BCUT2D eigenvalue weighted by molar-refractivity contribution is 0.371. The van der Waals surface area contributed by atoms with Gasteiger partial charge in [0.15, 0.2) is 5.96 Å². The minimum Gasteiger partial charge on any atom is -0.357 e. The van der Waals surface area contributed by atoms with Gasteiger partial charge in [0.1, 0.15) is 11.6 Å². The number of rotatable bonds is 4. The van der Waals surface area contributed by atoms with Gasteiger partial charge in [0.25, 0.3) is 0 Å². The van der Waals surface area contributed by atoms with E-state index < -0.39 is 0 Å². The number of nitrogens with one attached hydrogen (secondary N) is 1. The molecule has 2 aliphatic heterocycles. The number of pyridine rings is 2. The molecule has 7 nitrogen and oxygen atoms in total. The first-order valence-corrected chi connectivity index (χ1v) is 11.1. The van der Waals surface area contributed by atoms with Crippen LogP contribution in [0.2, 0.25) is 0 Å². The molecule has 0 atom stereocenters. The number of hydrogen-bond donors (Lipinski definition) is 1. The van der Waals surface area contributed by atoms with Gasteiger partial charge in [0, 0.05) is 65.3 Å². The van der Waals surface area contributed by atoms with Crippen molar-refractivity contribution in [2.75, 3.05) is 56.1 Å². The number of piperazine rings is 1. The topological polar surface area (TPSA) is 59.9 Å². The first kappa shape index (κ1) is 23.6. The first-order chi connectivity index (χ1) is 14.8. The molecule has 0 aliphatic carbocycles. The molecule has 0 amide bonds. The van der Waals surface area contributed by atoms with Crippen molar-refractivity contribution in [3.8, 4) is 0 Å². The minimum absolute atomic E-state index is 0. The smallest absolute Gasteiger partial charge is 0.194 e. The van der Waals surface area contributed by atoms with E-state index in [1.54, 1.807) is 0 Å². The Morgan fingerprint density at radius 1 is 0.871 bits per heavy atom. The van der Waals surface area contributed by atoms with Gasteiger partial charge in [-0.3, -0.25) is 4.99 Å². The summed E-state index contributed by atoms with van der Waals surface area (Å²) in [5.41, 5.74) is 1.18. The highest BCUT2D eigenvalue weighted by molar-refractivity contribution is 14.0. The van der Waals surface area contributed by atoms with Gasteiger partial charge in [-0.05, 0) is 36.6 Å². The molecule has 1 N–H and O–H groups in total. The van der Waals surface area contributed by atoms with Crippen LogP contribution < -0.4 is 15.1 Å². The summed E-state index contributed by atoms with van der Waals surface area (Å²) >= 11 is 0. The Kier molecular flexibility index (Phi) is 9.17. The maximum Gasteiger partial charge on any atom is 0.194 e. The van der Waals surface area contributed by atoms with Crippen LogP contribution in [-0.2, 0) is 6.54 Å². The van der Waals surface area contributed by atoms with Crippen molar-refractivity contribution in [3.05, 3.63) is 48.3 Å². The van der Waals surface area contributed by atoms with Crippen molar-refractivity contribution in [1.82, 2.24) is 20.2 Å². The summed E-state index contributed by atoms with van der Waals surface area (Å²) in [7, 11) is 1.86. The Balaban J connectivity index is 0.00000272. The highest BCUT2D eigenvalue weighted by Crippen LogP contribution is 2.17. The average molecular weight is 535 g/mol. The van der Waals surface area contributed by atoms with Crippen LogP contribution in [0.25, 0.3) is 0 Å². The van der Waals surface area contributed by atoms with Crippen LogP contribution in [0.1, 0.15) is 31.2 Å². The van der Waals surface area contributed by atoms with Gasteiger partial charge < -0.3 is 20.0 Å². The molecule has 4 rings (SSSR count). The van der Waals surface area contributed by atoms with E-state index in [4.69, 9.17) is 4.98 Å². The SMILES string of the molecule is CN=C(NCc1ccc(N2CCCCCC2)nc1)N1CCN(c2ccccn2)CC1.I. The zero-order valence-corrected chi connectivity index (χ0v) is 20.7. The molecule has 8 heteroatoms. The highest BCUT2D eigenvalue weighted by atomic mass is 127. The Labute approximate surface area is 203 Å². The molecule has 2 saturated heterocycles. The molecule has 0 radical (unpaired) electrons. The zero-order chi connectivity index (χ0) is 20.6. The van der Waals surface area contributed by atoms with Crippen LogP contribution in [0.4, 0.5) is 11.6 Å². The first-order valence-electron chi connectivity index (χ1n) is 11.1. The Hall–Kier alpha value is -2.10. The van der Waals surface area contributed by atoms with E-state index in [1.165, 1.54) is 31.2 Å². The standard InChI is InChI=1S/C23H33N7.HI/c1-24-23(30-16-14-29(15-17-30)21-8-4-5-11-25-21)27-19-20-9-10-22(26-18-20)28-12-6-2-3-7-13-28;/h4-5,8-11,18H,2-3,6-7,12-17,19H2,1H3,(H,24,27);1H. The molecule has 0 bridgehead atoms. The summed E-state index contributed by atoms with van der Waals surface area (Å²) in [6.07, 6.45) is 9.08. The second-order valence-corrected chi connectivity index (χ2v) is 7.99. The van der Waals surface area contributed by atoms with Gasteiger partial charge >= 0.3 is 0 Å². The predicted octanol–water partition coefficient (Wildman–Crippen LogP) is 3.37. The van der Waals surface area contributed by atoms with E-state index in [2.05, 4.69) is 48.2 Å². The third-order valence-corrected chi connectivity index (χ3v) is 5.95. The molecule has 0 saturated carbocycles. The minimum atomic E-state index is 0. The van der Waals surface area contributed by atoms with Crippen molar-refractivity contribution >= 4 is 41.6 Å².